The van der Waals surface area contributed by atoms with Gasteiger partial charge in [-0.3, -0.25) is 0 Å². The molecule has 0 aromatic heterocycles. The number of ether oxygens (including phenoxy) is 1. The molecule has 0 radical (unpaired) electrons. The molecule has 0 aliphatic heterocycles. The Hall–Kier alpha value is -1.16. The van der Waals surface area contributed by atoms with Crippen LogP contribution in [0.5, 0.6) is 5.75 Å². The van der Waals surface area contributed by atoms with Gasteiger partial charge in [-0.15, -0.1) is 0 Å². The summed E-state index contributed by atoms with van der Waals surface area (Å²) in [6.45, 7) is 4.36. The van der Waals surface area contributed by atoms with Crippen LogP contribution in [0, 0.1) is 11.6 Å². The maximum atomic E-state index is 13.4. The summed E-state index contributed by atoms with van der Waals surface area (Å²) in [5.41, 5.74) is -0.538. The summed E-state index contributed by atoms with van der Waals surface area (Å²) in [6, 6.07) is 3.94. The zero-order valence-electron chi connectivity index (χ0n) is 9.81. The third-order valence-electron chi connectivity index (χ3n) is 2.57. The van der Waals surface area contributed by atoms with Crippen LogP contribution in [0.3, 0.4) is 0 Å². The summed E-state index contributed by atoms with van der Waals surface area (Å²) < 4.78 is 31.9. The van der Waals surface area contributed by atoms with Gasteiger partial charge in [-0.05, 0) is 32.5 Å². The Labute approximate surface area is 94.6 Å². The first-order valence-electron chi connectivity index (χ1n) is 5.30. The lowest BCUT2D eigenvalue weighted by molar-refractivity contribution is 0.0798. The van der Waals surface area contributed by atoms with Gasteiger partial charge in [-0.2, -0.15) is 4.39 Å². The van der Waals surface area contributed by atoms with E-state index in [1.165, 1.54) is 12.1 Å². The summed E-state index contributed by atoms with van der Waals surface area (Å²) in [4.78, 5) is 0. The molecule has 1 aromatic rings. The lowest BCUT2D eigenvalue weighted by Gasteiger charge is -2.29. The van der Waals surface area contributed by atoms with Crippen LogP contribution in [0.15, 0.2) is 18.2 Å². The molecule has 0 spiro atoms. The van der Waals surface area contributed by atoms with Gasteiger partial charge < -0.3 is 10.1 Å². The van der Waals surface area contributed by atoms with Crippen LogP contribution >= 0.6 is 0 Å². The smallest absolute Gasteiger partial charge is 0.200 e. The Balaban J connectivity index is 2.90. The van der Waals surface area contributed by atoms with E-state index < -0.39 is 17.2 Å². The van der Waals surface area contributed by atoms with Crippen molar-refractivity contribution in [3.63, 3.8) is 0 Å². The van der Waals surface area contributed by atoms with E-state index in [-0.39, 0.29) is 5.75 Å². The van der Waals surface area contributed by atoms with E-state index in [1.54, 1.807) is 7.05 Å². The van der Waals surface area contributed by atoms with Crippen molar-refractivity contribution in [2.45, 2.75) is 25.9 Å². The highest BCUT2D eigenvalue weighted by atomic mass is 19.2. The van der Waals surface area contributed by atoms with Gasteiger partial charge in [-0.25, -0.2) is 4.39 Å². The van der Waals surface area contributed by atoms with Crippen molar-refractivity contribution in [2.75, 3.05) is 13.6 Å². The second kappa shape index (κ2) is 5.25. The highest BCUT2D eigenvalue weighted by molar-refractivity contribution is 5.25. The first-order chi connectivity index (χ1) is 7.52. The van der Waals surface area contributed by atoms with Gasteiger partial charge in [0, 0.05) is 6.54 Å². The predicted octanol–water partition coefficient (Wildman–Crippen LogP) is 2.73. The molecule has 0 bridgehead atoms. The van der Waals surface area contributed by atoms with Crippen LogP contribution in [0.2, 0.25) is 0 Å². The van der Waals surface area contributed by atoms with E-state index in [2.05, 4.69) is 5.32 Å². The molecule has 1 unspecified atom stereocenters. The lowest BCUT2D eigenvalue weighted by Crippen LogP contribution is -2.41. The highest BCUT2D eigenvalue weighted by Crippen LogP contribution is 2.25. The fraction of sp³-hybridized carbons (Fsp3) is 0.500. The Morgan fingerprint density at radius 3 is 2.62 bits per heavy atom. The maximum Gasteiger partial charge on any atom is 0.200 e. The number of hydrogen-bond acceptors (Lipinski definition) is 2. The van der Waals surface area contributed by atoms with E-state index >= 15 is 0 Å². The summed E-state index contributed by atoms with van der Waals surface area (Å²) in [5, 5.41) is 2.97. The monoisotopic (exact) mass is 229 g/mol. The minimum absolute atomic E-state index is 0.0420. The maximum absolute atomic E-state index is 13.4. The van der Waals surface area contributed by atoms with Crippen molar-refractivity contribution >= 4 is 0 Å². The standard InChI is InChI=1S/C12H17F2NO/c1-4-12(2,8-15-3)16-10-7-5-6-9(13)11(10)14/h5-7,15H,4,8H2,1-3H3. The van der Waals surface area contributed by atoms with Crippen LogP contribution < -0.4 is 10.1 Å². The topological polar surface area (TPSA) is 21.3 Å². The van der Waals surface area contributed by atoms with Gasteiger partial charge in [-0.1, -0.05) is 13.0 Å². The number of halogens is 2. The van der Waals surface area contributed by atoms with Crippen LogP contribution in [0.25, 0.3) is 0 Å². The Kier molecular flexibility index (Phi) is 4.24. The van der Waals surface area contributed by atoms with E-state index in [4.69, 9.17) is 4.74 Å². The van der Waals surface area contributed by atoms with Crippen LogP contribution in [0.1, 0.15) is 20.3 Å². The van der Waals surface area contributed by atoms with Crippen molar-refractivity contribution in [3.05, 3.63) is 29.8 Å². The molecule has 0 heterocycles. The summed E-state index contributed by atoms with van der Waals surface area (Å²) in [7, 11) is 1.79. The number of hydrogen-bond donors (Lipinski definition) is 1. The Bertz CT molecular complexity index is 357. The van der Waals surface area contributed by atoms with Crippen molar-refractivity contribution in [3.8, 4) is 5.75 Å². The molecule has 0 saturated carbocycles. The predicted molar refractivity (Wildman–Crippen MR) is 59.6 cm³/mol. The van der Waals surface area contributed by atoms with Crippen LogP contribution in [-0.2, 0) is 0 Å². The van der Waals surface area contributed by atoms with Gasteiger partial charge in [0.1, 0.15) is 5.60 Å². The molecule has 90 valence electrons. The molecule has 1 N–H and O–H groups in total. The zero-order valence-corrected chi connectivity index (χ0v) is 9.81. The average Bonchev–Trinajstić information content (AvgIpc) is 2.25. The van der Waals surface area contributed by atoms with E-state index in [9.17, 15) is 8.78 Å². The highest BCUT2D eigenvalue weighted by Gasteiger charge is 2.25. The normalized spacial score (nSPS) is 14.6. The van der Waals surface area contributed by atoms with Gasteiger partial charge >= 0.3 is 0 Å². The number of likely N-dealkylation sites (N-methyl/N-ethyl adjacent to an activating group) is 1. The minimum Gasteiger partial charge on any atom is -0.483 e. The fourth-order valence-corrected chi connectivity index (χ4v) is 1.44. The van der Waals surface area contributed by atoms with E-state index in [0.717, 1.165) is 6.07 Å². The molecule has 1 atom stereocenters. The second-order valence-electron chi connectivity index (χ2n) is 3.99. The SMILES string of the molecule is CCC(C)(CNC)Oc1cccc(F)c1F. The van der Waals surface area contributed by atoms with Crippen LogP contribution in [0.4, 0.5) is 8.78 Å². The third kappa shape index (κ3) is 2.92. The number of benzene rings is 1. The molecule has 0 fully saturated rings. The van der Waals surface area contributed by atoms with Crippen LogP contribution in [-0.4, -0.2) is 19.2 Å². The van der Waals surface area contributed by atoms with Gasteiger partial charge in [0.05, 0.1) is 0 Å². The summed E-state index contributed by atoms with van der Waals surface area (Å²) >= 11 is 0. The van der Waals surface area contributed by atoms with Crippen molar-refractivity contribution in [1.82, 2.24) is 5.32 Å². The number of rotatable bonds is 5. The molecule has 1 aromatic carbocycles. The van der Waals surface area contributed by atoms with E-state index in [1.807, 2.05) is 13.8 Å². The fourth-order valence-electron chi connectivity index (χ4n) is 1.44. The average molecular weight is 229 g/mol. The molecular weight excluding hydrogens is 212 g/mol. The first kappa shape index (κ1) is 12.9. The lowest BCUT2D eigenvalue weighted by atomic mass is 10.0. The quantitative estimate of drug-likeness (QED) is 0.838. The van der Waals surface area contributed by atoms with E-state index in [0.29, 0.717) is 13.0 Å². The first-order valence-corrected chi connectivity index (χ1v) is 5.30. The van der Waals surface area contributed by atoms with Crippen molar-refractivity contribution in [1.29, 1.82) is 0 Å². The summed E-state index contributed by atoms with van der Waals surface area (Å²) in [6.07, 6.45) is 0.698. The van der Waals surface area contributed by atoms with Gasteiger partial charge in [0.2, 0.25) is 5.82 Å². The Morgan fingerprint density at radius 1 is 1.38 bits per heavy atom. The molecule has 0 saturated heterocycles. The molecular formula is C12H17F2NO. The molecule has 1 rings (SSSR count). The molecule has 0 aliphatic rings. The van der Waals surface area contributed by atoms with Gasteiger partial charge in [0.25, 0.3) is 0 Å². The molecule has 0 aliphatic carbocycles. The van der Waals surface area contributed by atoms with Gasteiger partial charge in [0.15, 0.2) is 11.6 Å². The second-order valence-corrected chi connectivity index (χ2v) is 3.99. The zero-order chi connectivity index (χ0) is 12.2. The third-order valence-corrected chi connectivity index (χ3v) is 2.57. The largest absolute Gasteiger partial charge is 0.483 e. The number of nitrogens with one attached hydrogen (secondary N) is 1. The molecule has 16 heavy (non-hydrogen) atoms. The molecule has 4 heteroatoms. The van der Waals surface area contributed by atoms with Crippen molar-refractivity contribution < 1.29 is 13.5 Å². The molecule has 2 nitrogen and oxygen atoms in total. The molecule has 0 amide bonds. The summed E-state index contributed by atoms with van der Waals surface area (Å²) in [5.74, 6) is -1.86. The minimum atomic E-state index is -0.932. The van der Waals surface area contributed by atoms with Crippen molar-refractivity contribution in [2.24, 2.45) is 0 Å². The Morgan fingerprint density at radius 2 is 2.06 bits per heavy atom.